The predicted molar refractivity (Wildman–Crippen MR) is 87.6 cm³/mol. The van der Waals surface area contributed by atoms with E-state index in [9.17, 15) is 26.7 Å². The van der Waals surface area contributed by atoms with Crippen LogP contribution < -0.4 is 5.32 Å². The van der Waals surface area contributed by atoms with Gasteiger partial charge in [-0.3, -0.25) is 0 Å². The Kier molecular flexibility index (Phi) is 4.21. The molecule has 1 atom stereocenters. The summed E-state index contributed by atoms with van der Waals surface area (Å²) in [5, 5.41) is 21.5. The fraction of sp³-hybridized carbons (Fsp3) is 0.235. The van der Waals surface area contributed by atoms with Crippen LogP contribution in [0.5, 0.6) is 0 Å². The molecule has 9 heteroatoms. The second-order valence-electron chi connectivity index (χ2n) is 6.08. The van der Waals surface area contributed by atoms with Gasteiger partial charge in [0.2, 0.25) is 0 Å². The topological polar surface area (TPSA) is 90.2 Å². The van der Waals surface area contributed by atoms with Crippen LogP contribution in [0.3, 0.4) is 0 Å². The molecule has 2 N–H and O–H groups in total. The van der Waals surface area contributed by atoms with Gasteiger partial charge in [0, 0.05) is 29.6 Å². The van der Waals surface area contributed by atoms with Crippen molar-refractivity contribution in [1.29, 1.82) is 5.26 Å². The van der Waals surface area contributed by atoms with E-state index in [2.05, 4.69) is 5.32 Å². The fourth-order valence-corrected chi connectivity index (χ4v) is 3.95. The number of rotatable bonds is 3. The molecule has 0 aliphatic heterocycles. The SMILES string of the molecule is CS(=O)(=O)c1ccc(Nc2cc(F)cc(C#N)c2)c2c1[C@H](O)C(F)(F)C2. The zero-order valence-electron chi connectivity index (χ0n) is 13.4. The van der Waals surface area contributed by atoms with Crippen LogP contribution in [0.15, 0.2) is 35.2 Å². The monoisotopic (exact) mass is 382 g/mol. The number of alkyl halides is 2. The summed E-state index contributed by atoms with van der Waals surface area (Å²) in [5.41, 5.74) is -0.145. The van der Waals surface area contributed by atoms with Crippen molar-refractivity contribution < 1.29 is 26.7 Å². The highest BCUT2D eigenvalue weighted by atomic mass is 32.2. The molecule has 0 saturated carbocycles. The number of benzene rings is 2. The summed E-state index contributed by atoms with van der Waals surface area (Å²) in [5.74, 6) is -4.22. The lowest BCUT2D eigenvalue weighted by Crippen LogP contribution is -2.22. The normalized spacial score (nSPS) is 18.2. The first-order valence-electron chi connectivity index (χ1n) is 7.42. The molecule has 0 radical (unpaired) electrons. The number of nitrogens with one attached hydrogen (secondary N) is 1. The summed E-state index contributed by atoms with van der Waals surface area (Å²) in [4.78, 5) is -0.375. The van der Waals surface area contributed by atoms with Crippen molar-refractivity contribution in [3.63, 3.8) is 0 Å². The van der Waals surface area contributed by atoms with Crippen LogP contribution in [0.4, 0.5) is 24.5 Å². The van der Waals surface area contributed by atoms with Crippen molar-refractivity contribution >= 4 is 21.2 Å². The van der Waals surface area contributed by atoms with Crippen LogP contribution in [0, 0.1) is 17.1 Å². The van der Waals surface area contributed by atoms with E-state index >= 15 is 0 Å². The molecule has 2 aromatic rings. The van der Waals surface area contributed by atoms with Gasteiger partial charge >= 0.3 is 0 Å². The van der Waals surface area contributed by atoms with E-state index in [-0.39, 0.29) is 33.0 Å². The minimum atomic E-state index is -3.84. The van der Waals surface area contributed by atoms with E-state index in [1.165, 1.54) is 12.1 Å². The first-order chi connectivity index (χ1) is 12.0. The number of hydrogen-bond acceptors (Lipinski definition) is 5. The number of fused-ring (bicyclic) bond motifs is 1. The lowest BCUT2D eigenvalue weighted by Gasteiger charge is -2.16. The molecule has 0 amide bonds. The maximum atomic E-state index is 14.0. The third-order valence-corrected chi connectivity index (χ3v) is 5.26. The largest absolute Gasteiger partial charge is 0.382 e. The molecule has 0 heterocycles. The predicted octanol–water partition coefficient (Wildman–Crippen LogP) is 3.07. The van der Waals surface area contributed by atoms with Gasteiger partial charge in [-0.25, -0.2) is 21.6 Å². The quantitative estimate of drug-likeness (QED) is 0.852. The fourth-order valence-electron chi connectivity index (χ4n) is 3.00. The van der Waals surface area contributed by atoms with Crippen LogP contribution in [-0.2, 0) is 16.3 Å². The van der Waals surface area contributed by atoms with Gasteiger partial charge < -0.3 is 10.4 Å². The van der Waals surface area contributed by atoms with Crippen LogP contribution in [0.2, 0.25) is 0 Å². The molecule has 26 heavy (non-hydrogen) atoms. The Morgan fingerprint density at radius 1 is 1.31 bits per heavy atom. The molecule has 0 aromatic heterocycles. The number of hydrogen-bond donors (Lipinski definition) is 2. The molecule has 0 unspecified atom stereocenters. The smallest absolute Gasteiger partial charge is 0.281 e. The average molecular weight is 382 g/mol. The first-order valence-corrected chi connectivity index (χ1v) is 9.31. The van der Waals surface area contributed by atoms with Gasteiger partial charge in [-0.1, -0.05) is 0 Å². The third-order valence-electron chi connectivity index (χ3n) is 4.11. The van der Waals surface area contributed by atoms with E-state index in [1.807, 2.05) is 0 Å². The van der Waals surface area contributed by atoms with E-state index in [0.29, 0.717) is 0 Å². The summed E-state index contributed by atoms with van der Waals surface area (Å²) in [6.07, 6.45) is -2.26. The van der Waals surface area contributed by atoms with E-state index in [1.54, 1.807) is 6.07 Å². The number of halogens is 3. The van der Waals surface area contributed by atoms with Crippen molar-refractivity contribution in [3.05, 3.63) is 52.8 Å². The van der Waals surface area contributed by atoms with E-state index in [0.717, 1.165) is 24.5 Å². The molecule has 1 aliphatic carbocycles. The highest BCUT2D eigenvalue weighted by Gasteiger charge is 2.49. The maximum absolute atomic E-state index is 14.0. The lowest BCUT2D eigenvalue weighted by atomic mass is 10.1. The molecule has 0 fully saturated rings. The zero-order valence-corrected chi connectivity index (χ0v) is 14.2. The molecule has 1 aliphatic rings. The second-order valence-corrected chi connectivity index (χ2v) is 8.07. The number of aliphatic hydroxyl groups is 1. The van der Waals surface area contributed by atoms with Crippen LogP contribution in [0.1, 0.15) is 22.8 Å². The van der Waals surface area contributed by atoms with Gasteiger partial charge in [0.05, 0.1) is 16.5 Å². The maximum Gasteiger partial charge on any atom is 0.281 e. The number of nitriles is 1. The molecule has 136 valence electrons. The Balaban J connectivity index is 2.15. The Morgan fingerprint density at radius 2 is 2.00 bits per heavy atom. The summed E-state index contributed by atoms with van der Waals surface area (Å²) in [6, 6.07) is 7.58. The number of sulfone groups is 1. The van der Waals surface area contributed by atoms with E-state index in [4.69, 9.17) is 5.26 Å². The van der Waals surface area contributed by atoms with Crippen molar-refractivity contribution in [1.82, 2.24) is 0 Å². The second kappa shape index (κ2) is 6.00. The third kappa shape index (κ3) is 3.13. The van der Waals surface area contributed by atoms with Crippen molar-refractivity contribution in [2.75, 3.05) is 11.6 Å². The van der Waals surface area contributed by atoms with E-state index < -0.39 is 34.1 Å². The first kappa shape index (κ1) is 18.2. The number of anilines is 2. The minimum Gasteiger partial charge on any atom is -0.382 e. The van der Waals surface area contributed by atoms with Crippen LogP contribution in [-0.4, -0.2) is 25.7 Å². The van der Waals surface area contributed by atoms with Gasteiger partial charge in [0.1, 0.15) is 11.9 Å². The highest BCUT2D eigenvalue weighted by molar-refractivity contribution is 7.90. The lowest BCUT2D eigenvalue weighted by molar-refractivity contribution is -0.0975. The molecule has 0 spiro atoms. The zero-order chi connectivity index (χ0) is 19.3. The molecule has 0 bridgehead atoms. The molecule has 3 rings (SSSR count). The molecule has 0 saturated heterocycles. The Bertz CT molecular complexity index is 1050. The molecule has 5 nitrogen and oxygen atoms in total. The van der Waals surface area contributed by atoms with Gasteiger partial charge in [-0.15, -0.1) is 0 Å². The number of nitrogens with zero attached hydrogens (tertiary/aromatic N) is 1. The minimum absolute atomic E-state index is 0.0299. The summed E-state index contributed by atoms with van der Waals surface area (Å²) >= 11 is 0. The summed E-state index contributed by atoms with van der Waals surface area (Å²) < 4.78 is 65.4. The van der Waals surface area contributed by atoms with Gasteiger partial charge in [0.15, 0.2) is 9.84 Å². The molecular weight excluding hydrogens is 369 g/mol. The summed E-state index contributed by atoms with van der Waals surface area (Å²) in [6.45, 7) is 0. The van der Waals surface area contributed by atoms with Crippen LogP contribution in [0.25, 0.3) is 0 Å². The summed E-state index contributed by atoms with van der Waals surface area (Å²) in [7, 11) is -3.84. The van der Waals surface area contributed by atoms with Crippen LogP contribution >= 0.6 is 0 Å². The van der Waals surface area contributed by atoms with Crippen molar-refractivity contribution in [2.24, 2.45) is 0 Å². The van der Waals surface area contributed by atoms with Gasteiger partial charge in [-0.2, -0.15) is 5.26 Å². The van der Waals surface area contributed by atoms with Crippen molar-refractivity contribution in [3.8, 4) is 6.07 Å². The average Bonchev–Trinajstić information content (AvgIpc) is 2.77. The number of aliphatic hydroxyl groups excluding tert-OH is 1. The standard InChI is InChI=1S/C17H13F3N2O3S/c1-26(24,25)14-3-2-13(12-7-17(19,20)16(23)15(12)14)22-11-5-9(8-21)4-10(18)6-11/h2-6,16,22-23H,7H2,1H3/t16-/m0/s1. The molecule has 2 aromatic carbocycles. The Morgan fingerprint density at radius 3 is 2.62 bits per heavy atom. The Hall–Kier alpha value is -2.57. The van der Waals surface area contributed by atoms with Gasteiger partial charge in [0.25, 0.3) is 5.92 Å². The van der Waals surface area contributed by atoms with Crippen molar-refractivity contribution in [2.45, 2.75) is 23.3 Å². The highest BCUT2D eigenvalue weighted by Crippen LogP contribution is 2.48. The Labute approximate surface area is 147 Å². The molecular formula is C17H13F3N2O3S. The van der Waals surface area contributed by atoms with Gasteiger partial charge in [-0.05, 0) is 35.9 Å².